The molecule has 2 saturated carbocycles. The summed E-state index contributed by atoms with van der Waals surface area (Å²) in [5, 5.41) is 3.81. The SMILES string of the molecule is O=C1[C@H]2[C@H]3CC[C@@H](C3)[C@@H]2C(=O)N1CNc1ccc(Cl)cc1. The highest BCUT2D eigenvalue weighted by Crippen LogP contribution is 2.55. The average Bonchev–Trinajstić information content (AvgIpc) is 3.14. The largest absolute Gasteiger partial charge is 0.367 e. The lowest BCUT2D eigenvalue weighted by Crippen LogP contribution is -2.36. The molecule has 1 aromatic carbocycles. The van der Waals surface area contributed by atoms with E-state index in [2.05, 4.69) is 5.32 Å². The fourth-order valence-corrected chi connectivity index (χ4v) is 4.49. The third kappa shape index (κ3) is 1.96. The van der Waals surface area contributed by atoms with Crippen LogP contribution in [0.1, 0.15) is 19.3 Å². The first-order valence-corrected chi connectivity index (χ1v) is 7.87. The Labute approximate surface area is 128 Å². The van der Waals surface area contributed by atoms with E-state index < -0.39 is 0 Å². The number of rotatable bonds is 3. The Balaban J connectivity index is 1.48. The van der Waals surface area contributed by atoms with Crippen LogP contribution in [-0.4, -0.2) is 23.4 Å². The maximum Gasteiger partial charge on any atom is 0.234 e. The zero-order chi connectivity index (χ0) is 14.6. The van der Waals surface area contributed by atoms with Gasteiger partial charge in [0.05, 0.1) is 18.5 Å². The number of benzene rings is 1. The van der Waals surface area contributed by atoms with Gasteiger partial charge in [-0.3, -0.25) is 14.5 Å². The second-order valence-electron chi connectivity index (χ2n) is 6.33. The molecule has 0 unspecified atom stereocenters. The molecule has 2 aliphatic carbocycles. The van der Waals surface area contributed by atoms with Crippen molar-refractivity contribution in [3.8, 4) is 0 Å². The van der Waals surface area contributed by atoms with Crippen molar-refractivity contribution in [2.75, 3.05) is 12.0 Å². The number of nitrogens with zero attached hydrogens (tertiary/aromatic N) is 1. The molecule has 1 heterocycles. The van der Waals surface area contributed by atoms with Gasteiger partial charge in [-0.2, -0.15) is 0 Å². The van der Waals surface area contributed by atoms with E-state index in [0.717, 1.165) is 24.9 Å². The molecule has 1 N–H and O–H groups in total. The van der Waals surface area contributed by atoms with Crippen LogP contribution < -0.4 is 5.32 Å². The summed E-state index contributed by atoms with van der Waals surface area (Å²) in [6.45, 7) is 0.256. The molecule has 4 atom stereocenters. The van der Waals surface area contributed by atoms with Crippen LogP contribution in [0.4, 0.5) is 5.69 Å². The summed E-state index contributed by atoms with van der Waals surface area (Å²) in [5.41, 5.74) is 0.861. The lowest BCUT2D eigenvalue weighted by molar-refractivity contribution is -0.140. The fourth-order valence-electron chi connectivity index (χ4n) is 4.36. The number of halogens is 1. The first-order chi connectivity index (χ1) is 10.1. The minimum absolute atomic E-state index is 0.0265. The van der Waals surface area contributed by atoms with Gasteiger partial charge in [0.1, 0.15) is 0 Å². The molecule has 3 aliphatic rings. The Morgan fingerprint density at radius 2 is 1.62 bits per heavy atom. The summed E-state index contributed by atoms with van der Waals surface area (Å²) in [7, 11) is 0. The predicted octanol–water partition coefficient (Wildman–Crippen LogP) is 2.74. The standard InChI is InChI=1S/C16H17ClN2O2/c17-11-3-5-12(6-4-11)18-8-19-15(20)13-9-1-2-10(7-9)14(13)16(19)21/h3-6,9-10,13-14,18H,1-2,7-8H2/t9-,10-,13-,14-/m0/s1. The second-order valence-corrected chi connectivity index (χ2v) is 6.77. The van der Waals surface area contributed by atoms with E-state index in [4.69, 9.17) is 11.6 Å². The number of hydrogen-bond donors (Lipinski definition) is 1. The zero-order valence-corrected chi connectivity index (χ0v) is 12.3. The molecular weight excluding hydrogens is 288 g/mol. The molecule has 1 saturated heterocycles. The van der Waals surface area contributed by atoms with Gasteiger partial charge in [-0.15, -0.1) is 0 Å². The molecule has 21 heavy (non-hydrogen) atoms. The molecule has 2 amide bonds. The molecule has 0 radical (unpaired) electrons. The molecule has 1 aromatic rings. The first kappa shape index (κ1) is 13.1. The number of nitrogens with one attached hydrogen (secondary N) is 1. The summed E-state index contributed by atoms with van der Waals surface area (Å²) >= 11 is 5.84. The average molecular weight is 305 g/mol. The van der Waals surface area contributed by atoms with E-state index in [-0.39, 0.29) is 30.3 Å². The van der Waals surface area contributed by atoms with Crippen molar-refractivity contribution >= 4 is 29.1 Å². The van der Waals surface area contributed by atoms with Crippen molar-refractivity contribution in [3.63, 3.8) is 0 Å². The van der Waals surface area contributed by atoms with Crippen LogP contribution >= 0.6 is 11.6 Å². The topological polar surface area (TPSA) is 49.4 Å². The van der Waals surface area contributed by atoms with Crippen LogP contribution in [0.5, 0.6) is 0 Å². The van der Waals surface area contributed by atoms with Crippen molar-refractivity contribution in [1.29, 1.82) is 0 Å². The highest BCUT2D eigenvalue weighted by atomic mass is 35.5. The van der Waals surface area contributed by atoms with Crippen molar-refractivity contribution in [1.82, 2.24) is 4.90 Å². The number of imide groups is 1. The molecular formula is C16H17ClN2O2. The number of hydrogen-bond acceptors (Lipinski definition) is 3. The number of carbonyl (C=O) groups is 2. The summed E-state index contributed by atoms with van der Waals surface area (Å²) in [5.74, 6) is 0.859. The number of likely N-dealkylation sites (tertiary alicyclic amines) is 1. The Bertz CT molecular complexity index is 573. The van der Waals surface area contributed by atoms with Gasteiger partial charge in [0, 0.05) is 10.7 Å². The fraction of sp³-hybridized carbons (Fsp3) is 0.500. The molecule has 4 rings (SSSR count). The third-order valence-electron chi connectivity index (χ3n) is 5.30. The second kappa shape index (κ2) is 4.73. The van der Waals surface area contributed by atoms with Crippen LogP contribution in [-0.2, 0) is 9.59 Å². The Kier molecular flexibility index (Phi) is 2.96. The molecule has 0 aromatic heterocycles. The van der Waals surface area contributed by atoms with Crippen LogP contribution in [0.25, 0.3) is 0 Å². The monoisotopic (exact) mass is 304 g/mol. The molecule has 3 fully saturated rings. The van der Waals surface area contributed by atoms with E-state index >= 15 is 0 Å². The molecule has 5 heteroatoms. The van der Waals surface area contributed by atoms with Crippen molar-refractivity contribution in [2.24, 2.45) is 23.7 Å². The summed E-state index contributed by atoms with van der Waals surface area (Å²) < 4.78 is 0. The van der Waals surface area contributed by atoms with Crippen LogP contribution in [0.3, 0.4) is 0 Å². The number of amides is 2. The van der Waals surface area contributed by atoms with Crippen LogP contribution in [0.15, 0.2) is 24.3 Å². The normalized spacial score (nSPS) is 33.7. The molecule has 110 valence electrons. The molecule has 0 spiro atoms. The van der Waals surface area contributed by atoms with E-state index in [0.29, 0.717) is 16.9 Å². The lowest BCUT2D eigenvalue weighted by atomic mass is 9.81. The van der Waals surface area contributed by atoms with Crippen molar-refractivity contribution in [3.05, 3.63) is 29.3 Å². The van der Waals surface area contributed by atoms with E-state index in [9.17, 15) is 9.59 Å². The van der Waals surface area contributed by atoms with Crippen molar-refractivity contribution in [2.45, 2.75) is 19.3 Å². The van der Waals surface area contributed by atoms with Gasteiger partial charge in [0.15, 0.2) is 0 Å². The molecule has 1 aliphatic heterocycles. The van der Waals surface area contributed by atoms with Gasteiger partial charge in [0.25, 0.3) is 0 Å². The maximum atomic E-state index is 12.5. The van der Waals surface area contributed by atoms with E-state index in [1.807, 2.05) is 12.1 Å². The summed E-state index contributed by atoms with van der Waals surface area (Å²) in [4.78, 5) is 26.4. The van der Waals surface area contributed by atoms with E-state index in [1.165, 1.54) is 4.90 Å². The van der Waals surface area contributed by atoms with Gasteiger partial charge in [-0.05, 0) is 55.4 Å². The van der Waals surface area contributed by atoms with Gasteiger partial charge in [-0.25, -0.2) is 0 Å². The number of anilines is 1. The maximum absolute atomic E-state index is 12.5. The minimum atomic E-state index is -0.0386. The van der Waals surface area contributed by atoms with Gasteiger partial charge in [-0.1, -0.05) is 11.6 Å². The Morgan fingerprint density at radius 1 is 1.05 bits per heavy atom. The van der Waals surface area contributed by atoms with Crippen LogP contribution in [0.2, 0.25) is 5.02 Å². The minimum Gasteiger partial charge on any atom is -0.367 e. The van der Waals surface area contributed by atoms with Gasteiger partial charge < -0.3 is 5.32 Å². The van der Waals surface area contributed by atoms with Gasteiger partial charge in [0.2, 0.25) is 11.8 Å². The Hall–Kier alpha value is -1.55. The first-order valence-electron chi connectivity index (χ1n) is 7.50. The quantitative estimate of drug-likeness (QED) is 0.874. The van der Waals surface area contributed by atoms with Crippen LogP contribution in [0, 0.1) is 23.7 Å². The molecule has 2 bridgehead atoms. The Morgan fingerprint density at radius 3 is 2.19 bits per heavy atom. The summed E-state index contributed by atoms with van der Waals surface area (Å²) in [6, 6.07) is 7.26. The third-order valence-corrected chi connectivity index (χ3v) is 5.56. The predicted molar refractivity (Wildman–Crippen MR) is 79.6 cm³/mol. The summed E-state index contributed by atoms with van der Waals surface area (Å²) in [6.07, 6.45) is 3.30. The van der Waals surface area contributed by atoms with E-state index in [1.54, 1.807) is 12.1 Å². The van der Waals surface area contributed by atoms with Gasteiger partial charge >= 0.3 is 0 Å². The highest BCUT2D eigenvalue weighted by molar-refractivity contribution is 6.30. The lowest BCUT2D eigenvalue weighted by Gasteiger charge is -2.19. The number of fused-ring (bicyclic) bond motifs is 5. The zero-order valence-electron chi connectivity index (χ0n) is 11.6. The van der Waals surface area contributed by atoms with Crippen molar-refractivity contribution < 1.29 is 9.59 Å². The smallest absolute Gasteiger partial charge is 0.234 e. The molecule has 4 nitrogen and oxygen atoms in total. The number of carbonyl (C=O) groups excluding carboxylic acids is 2. The highest BCUT2D eigenvalue weighted by Gasteiger charge is 2.60.